The molecule has 1 N–H and O–H groups in total. The fourth-order valence-corrected chi connectivity index (χ4v) is 2.11. The van der Waals surface area contributed by atoms with Gasteiger partial charge in [-0.15, -0.1) is 0 Å². The third kappa shape index (κ3) is 4.10. The molecule has 0 amide bonds. The number of anilines is 1. The molecule has 0 spiro atoms. The number of carboxylic acid groups (broad SMARTS) is 1. The number of halogens is 1. The fourth-order valence-electron chi connectivity index (χ4n) is 1.61. The van der Waals surface area contributed by atoms with E-state index in [1.165, 1.54) is 0 Å². The van der Waals surface area contributed by atoms with Crippen molar-refractivity contribution in [3.05, 3.63) is 34.3 Å². The zero-order valence-corrected chi connectivity index (χ0v) is 13.4. The van der Waals surface area contributed by atoms with Crippen LogP contribution >= 0.6 is 15.9 Å². The molecule has 0 heterocycles. The number of benzene rings is 1. The molecule has 1 rings (SSSR count). The second-order valence-electron chi connectivity index (χ2n) is 5.10. The smallest absolute Gasteiger partial charge is 0.328 e. The number of carbonyl (C=O) groups is 1. The first-order valence-corrected chi connectivity index (χ1v) is 7.01. The van der Waals surface area contributed by atoms with Gasteiger partial charge in [0.2, 0.25) is 0 Å². The van der Waals surface area contributed by atoms with E-state index in [-0.39, 0.29) is 5.54 Å². The standard InChI is InChI=1S/C15H20BrNO2/c1-5-15(2,3)17(4)12-8-6-11(13(16)10-12)7-9-14(18)19/h6-10H,5H2,1-4H3,(H,18,19)/b9-7+. The maximum absolute atomic E-state index is 10.5. The van der Waals surface area contributed by atoms with Crippen LogP contribution in [0.3, 0.4) is 0 Å². The van der Waals surface area contributed by atoms with Gasteiger partial charge in [0.15, 0.2) is 0 Å². The van der Waals surface area contributed by atoms with E-state index in [1.807, 2.05) is 18.2 Å². The summed E-state index contributed by atoms with van der Waals surface area (Å²) in [7, 11) is 2.07. The van der Waals surface area contributed by atoms with E-state index in [4.69, 9.17) is 5.11 Å². The SMILES string of the molecule is CCC(C)(C)N(C)c1ccc(/C=C/C(=O)O)c(Br)c1. The highest BCUT2D eigenvalue weighted by atomic mass is 79.9. The molecule has 0 saturated carbocycles. The van der Waals surface area contributed by atoms with Crippen molar-refractivity contribution in [2.75, 3.05) is 11.9 Å². The van der Waals surface area contributed by atoms with Crippen LogP contribution in [0.4, 0.5) is 5.69 Å². The van der Waals surface area contributed by atoms with Crippen molar-refractivity contribution < 1.29 is 9.90 Å². The van der Waals surface area contributed by atoms with Crippen LogP contribution in [-0.4, -0.2) is 23.7 Å². The average Bonchev–Trinajstić information content (AvgIpc) is 2.36. The van der Waals surface area contributed by atoms with Gasteiger partial charge in [0, 0.05) is 28.8 Å². The van der Waals surface area contributed by atoms with Crippen molar-refractivity contribution in [1.29, 1.82) is 0 Å². The van der Waals surface area contributed by atoms with Gasteiger partial charge in [-0.25, -0.2) is 4.79 Å². The van der Waals surface area contributed by atoms with Crippen LogP contribution in [-0.2, 0) is 4.79 Å². The summed E-state index contributed by atoms with van der Waals surface area (Å²) in [4.78, 5) is 12.7. The minimum atomic E-state index is -0.944. The Hall–Kier alpha value is -1.29. The number of aliphatic carboxylic acids is 1. The Bertz CT molecular complexity index is 495. The van der Waals surface area contributed by atoms with Gasteiger partial charge in [0.05, 0.1) is 0 Å². The molecule has 1 aromatic carbocycles. The minimum absolute atomic E-state index is 0.0812. The number of carboxylic acids is 1. The molecule has 104 valence electrons. The Morgan fingerprint density at radius 1 is 1.47 bits per heavy atom. The molecule has 0 aliphatic heterocycles. The van der Waals surface area contributed by atoms with Gasteiger partial charge < -0.3 is 10.0 Å². The Labute approximate surface area is 123 Å². The molecule has 1 aromatic rings. The van der Waals surface area contributed by atoms with E-state index in [0.29, 0.717) is 0 Å². The lowest BCUT2D eigenvalue weighted by Crippen LogP contribution is -2.40. The van der Waals surface area contributed by atoms with Gasteiger partial charge in [-0.1, -0.05) is 28.9 Å². The van der Waals surface area contributed by atoms with Crippen LogP contribution in [0.2, 0.25) is 0 Å². The fraction of sp³-hybridized carbons (Fsp3) is 0.400. The summed E-state index contributed by atoms with van der Waals surface area (Å²) in [6.07, 6.45) is 3.77. The van der Waals surface area contributed by atoms with Crippen molar-refractivity contribution in [2.45, 2.75) is 32.7 Å². The van der Waals surface area contributed by atoms with E-state index in [9.17, 15) is 4.79 Å². The van der Waals surface area contributed by atoms with Crippen molar-refractivity contribution >= 4 is 33.7 Å². The molecule has 0 aromatic heterocycles. The Balaban J connectivity index is 3.03. The van der Waals surface area contributed by atoms with Crippen LogP contribution in [0.15, 0.2) is 28.7 Å². The van der Waals surface area contributed by atoms with Gasteiger partial charge >= 0.3 is 5.97 Å². The summed E-state index contributed by atoms with van der Waals surface area (Å²) >= 11 is 3.48. The molecule has 4 heteroatoms. The van der Waals surface area contributed by atoms with Crippen LogP contribution < -0.4 is 4.90 Å². The lowest BCUT2D eigenvalue weighted by Gasteiger charge is -2.37. The van der Waals surface area contributed by atoms with Crippen molar-refractivity contribution in [2.24, 2.45) is 0 Å². The molecule has 0 unspecified atom stereocenters. The average molecular weight is 326 g/mol. The summed E-state index contributed by atoms with van der Waals surface area (Å²) in [6, 6.07) is 5.93. The maximum atomic E-state index is 10.5. The zero-order valence-electron chi connectivity index (χ0n) is 11.8. The third-order valence-electron chi connectivity index (χ3n) is 3.55. The van der Waals surface area contributed by atoms with Gasteiger partial charge in [0.25, 0.3) is 0 Å². The van der Waals surface area contributed by atoms with E-state index in [2.05, 4.69) is 48.6 Å². The van der Waals surface area contributed by atoms with Crippen molar-refractivity contribution in [3.63, 3.8) is 0 Å². The third-order valence-corrected chi connectivity index (χ3v) is 4.24. The van der Waals surface area contributed by atoms with E-state index in [0.717, 1.165) is 28.2 Å². The highest BCUT2D eigenvalue weighted by molar-refractivity contribution is 9.10. The molecule has 0 bridgehead atoms. The summed E-state index contributed by atoms with van der Waals surface area (Å²) < 4.78 is 0.890. The molecule has 3 nitrogen and oxygen atoms in total. The molecular weight excluding hydrogens is 306 g/mol. The van der Waals surface area contributed by atoms with Gasteiger partial charge in [-0.3, -0.25) is 0 Å². The monoisotopic (exact) mass is 325 g/mol. The number of nitrogens with zero attached hydrogens (tertiary/aromatic N) is 1. The molecule has 0 atom stereocenters. The first kappa shape index (κ1) is 15.8. The molecule has 0 aliphatic carbocycles. The summed E-state index contributed by atoms with van der Waals surface area (Å²) in [6.45, 7) is 6.55. The lowest BCUT2D eigenvalue weighted by atomic mass is 9.99. The summed E-state index contributed by atoms with van der Waals surface area (Å²) in [5.41, 5.74) is 2.04. The van der Waals surface area contributed by atoms with Gasteiger partial charge in [-0.2, -0.15) is 0 Å². The van der Waals surface area contributed by atoms with Crippen LogP contribution in [0.1, 0.15) is 32.8 Å². The molecule has 0 saturated heterocycles. The largest absolute Gasteiger partial charge is 0.478 e. The van der Waals surface area contributed by atoms with Crippen LogP contribution in [0.5, 0.6) is 0 Å². The van der Waals surface area contributed by atoms with Gasteiger partial charge in [0.1, 0.15) is 0 Å². The molecule has 19 heavy (non-hydrogen) atoms. The van der Waals surface area contributed by atoms with Gasteiger partial charge in [-0.05, 0) is 44.0 Å². The lowest BCUT2D eigenvalue weighted by molar-refractivity contribution is -0.131. The zero-order chi connectivity index (χ0) is 14.6. The Kier molecular flexibility index (Phi) is 5.18. The number of hydrogen-bond acceptors (Lipinski definition) is 2. The predicted octanol–water partition coefficient (Wildman–Crippen LogP) is 4.17. The quantitative estimate of drug-likeness (QED) is 0.826. The predicted molar refractivity (Wildman–Crippen MR) is 83.6 cm³/mol. The van der Waals surface area contributed by atoms with Crippen molar-refractivity contribution in [3.8, 4) is 0 Å². The molecule has 0 aliphatic rings. The highest BCUT2D eigenvalue weighted by Gasteiger charge is 2.21. The maximum Gasteiger partial charge on any atom is 0.328 e. The number of rotatable bonds is 5. The first-order chi connectivity index (χ1) is 8.77. The van der Waals surface area contributed by atoms with Crippen LogP contribution in [0.25, 0.3) is 6.08 Å². The number of hydrogen-bond donors (Lipinski definition) is 1. The molecule has 0 fully saturated rings. The second-order valence-corrected chi connectivity index (χ2v) is 5.96. The Morgan fingerprint density at radius 2 is 2.11 bits per heavy atom. The summed E-state index contributed by atoms with van der Waals surface area (Å²) in [5, 5.41) is 8.64. The highest BCUT2D eigenvalue weighted by Crippen LogP contribution is 2.29. The first-order valence-electron chi connectivity index (χ1n) is 6.22. The normalized spacial score (nSPS) is 11.8. The van der Waals surface area contributed by atoms with Crippen LogP contribution in [0, 0.1) is 0 Å². The molecular formula is C15H20BrNO2. The molecule has 0 radical (unpaired) electrons. The second kappa shape index (κ2) is 6.24. The van der Waals surface area contributed by atoms with E-state index in [1.54, 1.807) is 6.08 Å². The van der Waals surface area contributed by atoms with E-state index >= 15 is 0 Å². The minimum Gasteiger partial charge on any atom is -0.478 e. The van der Waals surface area contributed by atoms with E-state index < -0.39 is 5.97 Å². The van der Waals surface area contributed by atoms with Crippen molar-refractivity contribution in [1.82, 2.24) is 0 Å². The Morgan fingerprint density at radius 3 is 2.58 bits per heavy atom. The topological polar surface area (TPSA) is 40.5 Å². The summed E-state index contributed by atoms with van der Waals surface area (Å²) in [5.74, 6) is -0.944.